The highest BCUT2D eigenvalue weighted by Gasteiger charge is 2.12. The van der Waals surface area contributed by atoms with Gasteiger partial charge in [0.05, 0.1) is 14.7 Å². The summed E-state index contributed by atoms with van der Waals surface area (Å²) in [4.78, 5) is 12.1. The number of hydrogen-bond acceptors (Lipinski definition) is 3. The number of carbonyl (C=O) groups excluding carboxylic acids is 1. The maximum Gasteiger partial charge on any atom is 0.277 e. The summed E-state index contributed by atoms with van der Waals surface area (Å²) >= 11 is 10.3. The third-order valence-electron chi connectivity index (χ3n) is 4.43. The quantitative estimate of drug-likeness (QED) is 0.374. The lowest BCUT2D eigenvalue weighted by molar-refractivity contribution is -0.123. The number of amides is 1. The Bertz CT molecular complexity index is 874. The van der Waals surface area contributed by atoms with E-state index in [-0.39, 0.29) is 12.5 Å². The summed E-state index contributed by atoms with van der Waals surface area (Å²) in [7, 11) is 0. The first kappa shape index (κ1) is 20.6. The van der Waals surface area contributed by atoms with Gasteiger partial charge in [0.2, 0.25) is 0 Å². The van der Waals surface area contributed by atoms with E-state index in [1.54, 1.807) is 0 Å². The van der Waals surface area contributed by atoms with Gasteiger partial charge in [-0.1, -0.05) is 28.1 Å². The van der Waals surface area contributed by atoms with Crippen molar-refractivity contribution >= 4 is 59.4 Å². The third-order valence-corrected chi connectivity index (χ3v) is 6.06. The first-order valence-electron chi connectivity index (χ1n) is 8.66. The Kier molecular flexibility index (Phi) is 7.11. The monoisotopic (exact) mass is 556 g/mol. The van der Waals surface area contributed by atoms with E-state index >= 15 is 0 Å². The molecule has 3 rings (SSSR count). The lowest BCUT2D eigenvalue weighted by atomic mass is 9.90. The normalized spacial score (nSPS) is 13.9. The van der Waals surface area contributed by atoms with Crippen molar-refractivity contribution in [2.24, 2.45) is 5.10 Å². The molecular formula is C20H19Br3N2O2. The first-order valence-corrected chi connectivity index (χ1v) is 11.0. The number of aryl methyl sites for hydroxylation is 2. The van der Waals surface area contributed by atoms with Crippen LogP contribution in [0.25, 0.3) is 0 Å². The molecule has 1 aliphatic rings. The second kappa shape index (κ2) is 9.34. The molecule has 0 saturated carbocycles. The summed E-state index contributed by atoms with van der Waals surface area (Å²) in [5.74, 6) is 0.262. The molecule has 27 heavy (non-hydrogen) atoms. The van der Waals surface area contributed by atoms with Crippen LogP contribution >= 0.6 is 47.8 Å². The lowest BCUT2D eigenvalue weighted by Gasteiger charge is -2.16. The number of nitrogens with zero attached hydrogens (tertiary/aromatic N) is 1. The summed E-state index contributed by atoms with van der Waals surface area (Å²) in [5, 5.41) is 4.22. The second-order valence-corrected chi connectivity index (χ2v) is 9.03. The standard InChI is InChI=1S/C20H19Br3N2O2/c1-12(14-7-6-13-4-2-3-5-15(13)8-14)24-25-19(26)11-27-20-17(22)9-16(21)10-18(20)23/h6-10H,2-5,11H2,1H3,(H,25,26). The highest BCUT2D eigenvalue weighted by molar-refractivity contribution is 9.11. The van der Waals surface area contributed by atoms with Gasteiger partial charge in [-0.25, -0.2) is 5.43 Å². The molecule has 0 saturated heterocycles. The highest BCUT2D eigenvalue weighted by Crippen LogP contribution is 2.36. The van der Waals surface area contributed by atoms with Crippen LogP contribution in [-0.4, -0.2) is 18.2 Å². The zero-order valence-electron chi connectivity index (χ0n) is 14.8. The summed E-state index contributed by atoms with van der Waals surface area (Å²) in [6, 6.07) is 10.1. The van der Waals surface area contributed by atoms with Gasteiger partial charge in [-0.15, -0.1) is 0 Å². The van der Waals surface area contributed by atoms with Gasteiger partial charge in [-0.2, -0.15) is 5.10 Å². The zero-order chi connectivity index (χ0) is 19.4. The van der Waals surface area contributed by atoms with Crippen molar-refractivity contribution in [3.63, 3.8) is 0 Å². The van der Waals surface area contributed by atoms with Gasteiger partial charge in [0.15, 0.2) is 6.61 Å². The number of hydrogen-bond donors (Lipinski definition) is 1. The minimum absolute atomic E-state index is 0.125. The largest absolute Gasteiger partial charge is 0.481 e. The molecule has 2 aromatic rings. The molecule has 142 valence electrons. The van der Waals surface area contributed by atoms with Crippen LogP contribution in [0.2, 0.25) is 0 Å². The van der Waals surface area contributed by atoms with Crippen molar-refractivity contribution in [1.29, 1.82) is 0 Å². The van der Waals surface area contributed by atoms with Crippen LogP contribution in [-0.2, 0) is 17.6 Å². The molecule has 1 N–H and O–H groups in total. The number of halogens is 3. The summed E-state index contributed by atoms with van der Waals surface area (Å²) in [6.07, 6.45) is 4.77. The van der Waals surface area contributed by atoms with E-state index in [1.165, 1.54) is 24.0 Å². The van der Waals surface area contributed by atoms with E-state index in [9.17, 15) is 4.79 Å². The molecule has 1 aliphatic carbocycles. The third kappa shape index (κ3) is 5.42. The number of hydrazone groups is 1. The Hall–Kier alpha value is -1.18. The predicted molar refractivity (Wildman–Crippen MR) is 118 cm³/mol. The van der Waals surface area contributed by atoms with Gasteiger partial charge in [-0.05, 0) is 99.4 Å². The summed E-state index contributed by atoms with van der Waals surface area (Å²) in [5.41, 5.74) is 7.21. The van der Waals surface area contributed by atoms with Crippen LogP contribution in [0.1, 0.15) is 36.5 Å². The van der Waals surface area contributed by atoms with Crippen molar-refractivity contribution in [1.82, 2.24) is 5.43 Å². The molecule has 0 fully saturated rings. The Morgan fingerprint density at radius 3 is 2.44 bits per heavy atom. The van der Waals surface area contributed by atoms with Crippen molar-refractivity contribution in [2.45, 2.75) is 32.6 Å². The van der Waals surface area contributed by atoms with E-state index in [4.69, 9.17) is 4.74 Å². The molecule has 0 spiro atoms. The van der Waals surface area contributed by atoms with E-state index in [1.807, 2.05) is 19.1 Å². The van der Waals surface area contributed by atoms with Crippen LogP contribution < -0.4 is 10.2 Å². The van der Waals surface area contributed by atoms with Crippen LogP contribution in [0.5, 0.6) is 5.75 Å². The molecule has 0 aliphatic heterocycles. The molecule has 0 bridgehead atoms. The fourth-order valence-corrected chi connectivity index (χ4v) is 5.49. The van der Waals surface area contributed by atoms with E-state index in [0.29, 0.717) is 5.75 Å². The van der Waals surface area contributed by atoms with E-state index < -0.39 is 0 Å². The van der Waals surface area contributed by atoms with Gasteiger partial charge >= 0.3 is 0 Å². The lowest BCUT2D eigenvalue weighted by Crippen LogP contribution is -2.25. The Morgan fingerprint density at radius 1 is 1.07 bits per heavy atom. The predicted octanol–water partition coefficient (Wildman–Crippen LogP) is 5.77. The number of nitrogens with one attached hydrogen (secondary N) is 1. The number of rotatable bonds is 5. The van der Waals surface area contributed by atoms with Crippen molar-refractivity contribution in [3.8, 4) is 5.75 Å². The highest BCUT2D eigenvalue weighted by atomic mass is 79.9. The summed E-state index contributed by atoms with van der Waals surface area (Å²) < 4.78 is 8.02. The van der Waals surface area contributed by atoms with E-state index in [2.05, 4.69) is 76.5 Å². The van der Waals surface area contributed by atoms with Crippen LogP contribution in [0.3, 0.4) is 0 Å². The van der Waals surface area contributed by atoms with Crippen molar-refractivity contribution < 1.29 is 9.53 Å². The second-order valence-electron chi connectivity index (χ2n) is 6.41. The smallest absolute Gasteiger partial charge is 0.277 e. The Morgan fingerprint density at radius 2 is 1.74 bits per heavy atom. The minimum Gasteiger partial charge on any atom is -0.481 e. The van der Waals surface area contributed by atoms with Gasteiger partial charge in [0, 0.05) is 4.47 Å². The minimum atomic E-state index is -0.311. The van der Waals surface area contributed by atoms with Gasteiger partial charge in [0.25, 0.3) is 5.91 Å². The number of ether oxygens (including phenoxy) is 1. The molecule has 0 radical (unpaired) electrons. The maximum atomic E-state index is 12.1. The van der Waals surface area contributed by atoms with Gasteiger partial charge in [-0.3, -0.25) is 4.79 Å². The zero-order valence-corrected chi connectivity index (χ0v) is 19.6. The van der Waals surface area contributed by atoms with Crippen LogP contribution in [0, 0.1) is 0 Å². The van der Waals surface area contributed by atoms with Crippen LogP contribution in [0.4, 0.5) is 0 Å². The fraction of sp³-hybridized carbons (Fsp3) is 0.300. The van der Waals surface area contributed by atoms with Crippen molar-refractivity contribution in [2.75, 3.05) is 6.61 Å². The SMILES string of the molecule is CC(=NNC(=O)COc1c(Br)cc(Br)cc1Br)c1ccc2c(c1)CCCC2. The fourth-order valence-electron chi connectivity index (χ4n) is 3.01. The average Bonchev–Trinajstić information content (AvgIpc) is 2.64. The molecule has 7 heteroatoms. The average molecular weight is 559 g/mol. The summed E-state index contributed by atoms with van der Waals surface area (Å²) in [6.45, 7) is 1.77. The molecule has 0 aromatic heterocycles. The number of carbonyl (C=O) groups is 1. The van der Waals surface area contributed by atoms with E-state index in [0.717, 1.165) is 37.5 Å². The number of benzene rings is 2. The molecule has 0 unspecified atom stereocenters. The topological polar surface area (TPSA) is 50.7 Å². The molecular weight excluding hydrogens is 540 g/mol. The molecule has 1 amide bonds. The van der Waals surface area contributed by atoms with Gasteiger partial charge < -0.3 is 4.74 Å². The maximum absolute atomic E-state index is 12.1. The molecule has 2 aromatic carbocycles. The Balaban J connectivity index is 1.60. The van der Waals surface area contributed by atoms with Gasteiger partial charge in [0.1, 0.15) is 5.75 Å². The molecule has 0 heterocycles. The number of fused-ring (bicyclic) bond motifs is 1. The first-order chi connectivity index (χ1) is 12.9. The molecule has 0 atom stereocenters. The molecule has 4 nitrogen and oxygen atoms in total. The van der Waals surface area contributed by atoms with Crippen LogP contribution in [0.15, 0.2) is 48.9 Å². The Labute approximate surface area is 184 Å². The van der Waals surface area contributed by atoms with Crippen molar-refractivity contribution in [3.05, 3.63) is 60.4 Å².